The lowest BCUT2D eigenvalue weighted by atomic mass is 10.3. The number of carbonyl (C=O) groups excluding carboxylic acids is 1. The first kappa shape index (κ1) is 12.5. The first-order chi connectivity index (χ1) is 8.54. The highest BCUT2D eigenvalue weighted by Gasteiger charge is 2.10. The van der Waals surface area contributed by atoms with Crippen molar-refractivity contribution in [3.63, 3.8) is 0 Å². The lowest BCUT2D eigenvalue weighted by Crippen LogP contribution is -2.21. The highest BCUT2D eigenvalue weighted by molar-refractivity contribution is 7.71. The van der Waals surface area contributed by atoms with Crippen molar-refractivity contribution in [2.75, 3.05) is 5.73 Å². The summed E-state index contributed by atoms with van der Waals surface area (Å²) in [6.07, 6.45) is 0.398. The number of anilines is 1. The number of hydrogen-bond donors (Lipinski definition) is 2. The van der Waals surface area contributed by atoms with Crippen LogP contribution in [-0.4, -0.2) is 15.8 Å². The Morgan fingerprint density at radius 1 is 1.33 bits per heavy atom. The molecule has 2 rings (SSSR count). The third-order valence-corrected chi connectivity index (χ3v) is 2.92. The van der Waals surface area contributed by atoms with Crippen molar-refractivity contribution in [2.24, 2.45) is 0 Å². The van der Waals surface area contributed by atoms with E-state index in [1.54, 1.807) is 24.3 Å². The summed E-state index contributed by atoms with van der Waals surface area (Å²) in [6.45, 7) is 0. The van der Waals surface area contributed by atoms with Gasteiger partial charge in [-0.2, -0.15) is 0 Å². The molecule has 7 heteroatoms. The Bertz CT molecular complexity index is 719. The number of hydrogen-bond acceptors (Lipinski definition) is 4. The van der Waals surface area contributed by atoms with Crippen LogP contribution in [0.3, 0.4) is 0 Å². The zero-order valence-corrected chi connectivity index (χ0v) is 10.6. The fourth-order valence-corrected chi connectivity index (χ4v) is 1.95. The first-order valence-corrected chi connectivity index (χ1v) is 5.69. The van der Waals surface area contributed by atoms with E-state index in [0.29, 0.717) is 17.0 Å². The smallest absolute Gasteiger partial charge is 0.264 e. The molecule has 0 saturated heterocycles. The van der Waals surface area contributed by atoms with Crippen molar-refractivity contribution in [1.82, 2.24) is 9.55 Å². The monoisotopic (exact) mass is 281 g/mol. The number of halogens is 1. The van der Waals surface area contributed by atoms with E-state index in [2.05, 4.69) is 4.98 Å². The minimum absolute atomic E-state index is 0.000993. The second-order valence-corrected chi connectivity index (χ2v) is 4.31. The maximum absolute atomic E-state index is 11.5. The molecular weight excluding hydrogens is 274 g/mol. The van der Waals surface area contributed by atoms with Gasteiger partial charge in [-0.25, -0.2) is 0 Å². The molecule has 0 bridgehead atoms. The molecule has 5 nitrogen and oxygen atoms in total. The van der Waals surface area contributed by atoms with E-state index in [1.165, 1.54) is 4.57 Å². The second kappa shape index (κ2) is 4.75. The van der Waals surface area contributed by atoms with E-state index in [4.69, 9.17) is 29.6 Å². The maximum atomic E-state index is 11.5. The highest BCUT2D eigenvalue weighted by atomic mass is 35.5. The zero-order valence-electron chi connectivity index (χ0n) is 9.01. The van der Waals surface area contributed by atoms with Crippen molar-refractivity contribution < 1.29 is 4.79 Å². The summed E-state index contributed by atoms with van der Waals surface area (Å²) >= 11 is 10.8. The Labute approximate surface area is 112 Å². The number of nitrogens with one attached hydrogen (secondary N) is 1. The van der Waals surface area contributed by atoms with Gasteiger partial charge in [-0.1, -0.05) is 11.6 Å². The molecule has 18 heavy (non-hydrogen) atoms. The molecule has 0 unspecified atom stereocenters. The number of aromatic nitrogens is 2. The van der Waals surface area contributed by atoms with Crippen molar-refractivity contribution in [3.8, 4) is 5.69 Å². The molecule has 0 amide bonds. The Kier molecular flexibility index (Phi) is 3.31. The molecule has 0 fully saturated rings. The van der Waals surface area contributed by atoms with Gasteiger partial charge in [-0.3, -0.25) is 19.1 Å². The minimum Gasteiger partial charge on any atom is -0.384 e. The van der Waals surface area contributed by atoms with Crippen LogP contribution in [0, 0.1) is 4.77 Å². The van der Waals surface area contributed by atoms with Gasteiger partial charge >= 0.3 is 0 Å². The van der Waals surface area contributed by atoms with Crippen LogP contribution < -0.4 is 11.3 Å². The molecular formula is C11H8ClN3O2S. The average molecular weight is 282 g/mol. The van der Waals surface area contributed by atoms with Crippen LogP contribution in [0.1, 0.15) is 10.4 Å². The molecule has 3 N–H and O–H groups in total. The Morgan fingerprint density at radius 2 is 1.94 bits per heavy atom. The molecule has 0 aliphatic heterocycles. The van der Waals surface area contributed by atoms with E-state index < -0.39 is 5.56 Å². The minimum atomic E-state index is -0.599. The lowest BCUT2D eigenvalue weighted by Gasteiger charge is -2.11. The van der Waals surface area contributed by atoms with E-state index in [9.17, 15) is 9.59 Å². The lowest BCUT2D eigenvalue weighted by molar-refractivity contribution is 0.112. The van der Waals surface area contributed by atoms with Gasteiger partial charge in [-0.15, -0.1) is 0 Å². The summed E-state index contributed by atoms with van der Waals surface area (Å²) in [5.74, 6) is 0.000993. The molecule has 1 aromatic heterocycles. The average Bonchev–Trinajstić information content (AvgIpc) is 2.31. The SMILES string of the molecule is Nc1c(C=O)c(=O)[nH]c(=S)n1-c1ccc(Cl)cc1. The van der Waals surface area contributed by atoms with Gasteiger partial charge in [0.2, 0.25) is 0 Å². The van der Waals surface area contributed by atoms with Crippen LogP contribution >= 0.6 is 23.8 Å². The fraction of sp³-hybridized carbons (Fsp3) is 0. The van der Waals surface area contributed by atoms with Gasteiger partial charge in [0, 0.05) is 10.7 Å². The molecule has 92 valence electrons. The van der Waals surface area contributed by atoms with Crippen LogP contribution in [0.4, 0.5) is 5.82 Å². The predicted molar refractivity (Wildman–Crippen MR) is 72.0 cm³/mol. The number of rotatable bonds is 2. The van der Waals surface area contributed by atoms with E-state index in [1.807, 2.05) is 0 Å². The third kappa shape index (κ3) is 2.07. The Morgan fingerprint density at radius 3 is 2.50 bits per heavy atom. The number of carbonyl (C=O) groups is 1. The zero-order chi connectivity index (χ0) is 13.3. The summed E-state index contributed by atoms with van der Waals surface area (Å²) in [4.78, 5) is 24.7. The normalized spacial score (nSPS) is 10.3. The van der Waals surface area contributed by atoms with Crippen molar-refractivity contribution >= 4 is 35.9 Å². The predicted octanol–water partition coefficient (Wildman–Crippen LogP) is 1.94. The molecule has 0 atom stereocenters. The molecule has 0 aliphatic carbocycles. The van der Waals surface area contributed by atoms with Crippen LogP contribution in [0.25, 0.3) is 5.69 Å². The van der Waals surface area contributed by atoms with Crippen LogP contribution in [0.15, 0.2) is 29.1 Å². The molecule has 0 aliphatic rings. The summed E-state index contributed by atoms with van der Waals surface area (Å²) in [5, 5.41) is 0.559. The molecule has 0 spiro atoms. The number of nitrogens with two attached hydrogens (primary N) is 1. The number of aldehydes is 1. The number of benzene rings is 1. The van der Waals surface area contributed by atoms with Gasteiger partial charge in [0.1, 0.15) is 11.4 Å². The highest BCUT2D eigenvalue weighted by Crippen LogP contribution is 2.17. The van der Waals surface area contributed by atoms with Crippen molar-refractivity contribution in [3.05, 3.63) is 50.0 Å². The quantitative estimate of drug-likeness (QED) is 0.651. The molecule has 1 aromatic carbocycles. The van der Waals surface area contributed by atoms with Gasteiger partial charge in [0.05, 0.1) is 0 Å². The van der Waals surface area contributed by atoms with Gasteiger partial charge in [0.15, 0.2) is 11.1 Å². The largest absolute Gasteiger partial charge is 0.384 e. The third-order valence-electron chi connectivity index (χ3n) is 2.39. The first-order valence-electron chi connectivity index (χ1n) is 4.90. The van der Waals surface area contributed by atoms with E-state index >= 15 is 0 Å². The Balaban J connectivity index is 2.79. The van der Waals surface area contributed by atoms with Crippen LogP contribution in [0.2, 0.25) is 5.02 Å². The van der Waals surface area contributed by atoms with Crippen LogP contribution in [-0.2, 0) is 0 Å². The number of nitrogen functional groups attached to an aromatic ring is 1. The van der Waals surface area contributed by atoms with Gasteiger partial charge in [0.25, 0.3) is 5.56 Å². The van der Waals surface area contributed by atoms with Gasteiger partial charge in [-0.05, 0) is 36.5 Å². The van der Waals surface area contributed by atoms with Crippen LogP contribution in [0.5, 0.6) is 0 Å². The number of H-pyrrole nitrogens is 1. The topological polar surface area (TPSA) is 80.9 Å². The Hall–Kier alpha value is -1.92. The molecule has 2 aromatic rings. The summed E-state index contributed by atoms with van der Waals surface area (Å²) in [5.41, 5.74) is 5.64. The number of aromatic amines is 1. The van der Waals surface area contributed by atoms with E-state index in [0.717, 1.165) is 0 Å². The van der Waals surface area contributed by atoms with Gasteiger partial charge < -0.3 is 5.73 Å². The number of nitrogens with zero attached hydrogens (tertiary/aromatic N) is 1. The molecule has 0 saturated carbocycles. The standard InChI is InChI=1S/C11H8ClN3O2S/c12-6-1-3-7(4-2-6)15-9(13)8(5-16)10(17)14-11(15)18/h1-5H,13H2,(H,14,17,18). The summed E-state index contributed by atoms with van der Waals surface area (Å²) < 4.78 is 1.52. The fourth-order valence-electron chi connectivity index (χ4n) is 1.53. The molecule has 0 radical (unpaired) electrons. The van der Waals surface area contributed by atoms with Crippen molar-refractivity contribution in [2.45, 2.75) is 0 Å². The second-order valence-electron chi connectivity index (χ2n) is 3.49. The molecule has 1 heterocycles. The summed E-state index contributed by atoms with van der Waals surface area (Å²) in [6, 6.07) is 6.68. The summed E-state index contributed by atoms with van der Waals surface area (Å²) in [7, 11) is 0. The van der Waals surface area contributed by atoms with E-state index in [-0.39, 0.29) is 16.2 Å². The van der Waals surface area contributed by atoms with Crippen molar-refractivity contribution in [1.29, 1.82) is 0 Å². The maximum Gasteiger partial charge on any atom is 0.264 e.